The molecule has 4 heterocycles. The molecule has 209 valence electrons. The minimum atomic E-state index is -0.0295. The molecule has 0 amide bonds. The van der Waals surface area contributed by atoms with Crippen LogP contribution in [0.1, 0.15) is 64.1 Å². The Morgan fingerprint density at radius 2 is 1.55 bits per heavy atom. The van der Waals surface area contributed by atoms with E-state index in [0.717, 1.165) is 44.7 Å². The van der Waals surface area contributed by atoms with Gasteiger partial charge in [-0.15, -0.1) is 48.0 Å². The molecule has 0 bridgehead atoms. The average molecular weight is 709 g/mol. The van der Waals surface area contributed by atoms with Gasteiger partial charge in [-0.25, -0.2) is 5.10 Å². The third kappa shape index (κ3) is 5.72. The third-order valence-corrected chi connectivity index (χ3v) is 6.94. The monoisotopic (exact) mass is 709 g/mol. The van der Waals surface area contributed by atoms with Crippen molar-refractivity contribution in [2.45, 2.75) is 66.2 Å². The van der Waals surface area contributed by atoms with Crippen LogP contribution in [0.4, 0.5) is 0 Å². The van der Waals surface area contributed by atoms with Crippen LogP contribution in [-0.2, 0) is 38.0 Å². The third-order valence-electron chi connectivity index (χ3n) is 6.94. The van der Waals surface area contributed by atoms with Crippen molar-refractivity contribution in [2.24, 2.45) is 7.05 Å². The molecule has 0 atom stereocenters. The van der Waals surface area contributed by atoms with Gasteiger partial charge in [0.15, 0.2) is 0 Å². The molecule has 0 N–H and O–H groups in total. The van der Waals surface area contributed by atoms with Crippen molar-refractivity contribution in [1.29, 1.82) is 0 Å². The van der Waals surface area contributed by atoms with Gasteiger partial charge in [-0.1, -0.05) is 53.0 Å². The van der Waals surface area contributed by atoms with E-state index in [2.05, 4.69) is 100 Å². The Labute approximate surface area is 250 Å². The SMILES string of the molecule is Cc1cc2nc3c4[c-]cc(C(C)(C)C)nc4cc(C(C)(C)C)n3c2cc1C.Cn1cnc(-c2[c-]cccc2)n1.[Ir]. The van der Waals surface area contributed by atoms with Gasteiger partial charge in [0.05, 0.1) is 22.5 Å². The molecule has 0 saturated carbocycles. The second-order valence-electron chi connectivity index (χ2n) is 12.3. The van der Waals surface area contributed by atoms with Crippen molar-refractivity contribution in [3.05, 3.63) is 89.5 Å². The molecular formula is C33H36IrN6-2. The molecule has 6 aromatic rings. The first-order valence-electron chi connectivity index (χ1n) is 13.3. The molecule has 0 fully saturated rings. The molecule has 0 spiro atoms. The Balaban J connectivity index is 0.000000238. The maximum absolute atomic E-state index is 5.00. The summed E-state index contributed by atoms with van der Waals surface area (Å²) in [6, 6.07) is 22.9. The van der Waals surface area contributed by atoms with Crippen molar-refractivity contribution in [1.82, 2.24) is 29.1 Å². The van der Waals surface area contributed by atoms with E-state index in [0.29, 0.717) is 0 Å². The fourth-order valence-electron chi connectivity index (χ4n) is 4.59. The zero-order chi connectivity index (χ0) is 28.1. The van der Waals surface area contributed by atoms with E-state index in [-0.39, 0.29) is 30.9 Å². The molecule has 40 heavy (non-hydrogen) atoms. The van der Waals surface area contributed by atoms with Crippen molar-refractivity contribution in [3.8, 4) is 11.4 Å². The largest absolute Gasteiger partial charge is 0.348 e. The van der Waals surface area contributed by atoms with Gasteiger partial charge in [0.1, 0.15) is 6.33 Å². The minimum absolute atomic E-state index is 0. The van der Waals surface area contributed by atoms with E-state index in [4.69, 9.17) is 9.97 Å². The topological polar surface area (TPSA) is 60.9 Å². The first kappa shape index (κ1) is 29.6. The maximum atomic E-state index is 5.00. The van der Waals surface area contributed by atoms with Crippen molar-refractivity contribution in [2.75, 3.05) is 0 Å². The normalized spacial score (nSPS) is 11.9. The Morgan fingerprint density at radius 1 is 0.825 bits per heavy atom. The molecule has 1 radical (unpaired) electrons. The van der Waals surface area contributed by atoms with E-state index in [1.807, 2.05) is 37.4 Å². The van der Waals surface area contributed by atoms with E-state index in [1.165, 1.54) is 16.8 Å². The number of aryl methyl sites for hydroxylation is 3. The van der Waals surface area contributed by atoms with Crippen LogP contribution in [0, 0.1) is 26.0 Å². The van der Waals surface area contributed by atoms with E-state index in [9.17, 15) is 0 Å². The van der Waals surface area contributed by atoms with Gasteiger partial charge in [0.2, 0.25) is 0 Å². The zero-order valence-corrected chi connectivity index (χ0v) is 27.1. The molecule has 6 rings (SSSR count). The number of pyridine rings is 2. The first-order chi connectivity index (χ1) is 18.3. The van der Waals surface area contributed by atoms with Gasteiger partial charge >= 0.3 is 0 Å². The van der Waals surface area contributed by atoms with Crippen LogP contribution >= 0.6 is 0 Å². The summed E-state index contributed by atoms with van der Waals surface area (Å²) in [7, 11) is 1.85. The van der Waals surface area contributed by atoms with E-state index in [1.54, 1.807) is 11.0 Å². The summed E-state index contributed by atoms with van der Waals surface area (Å²) in [5, 5.41) is 5.14. The molecule has 0 unspecified atom stereocenters. The summed E-state index contributed by atoms with van der Waals surface area (Å²) in [6.45, 7) is 17.6. The summed E-state index contributed by atoms with van der Waals surface area (Å²) < 4.78 is 3.98. The van der Waals surface area contributed by atoms with E-state index < -0.39 is 0 Å². The summed E-state index contributed by atoms with van der Waals surface area (Å²) in [5.41, 5.74) is 9.85. The van der Waals surface area contributed by atoms with Crippen LogP contribution in [0.15, 0.2) is 54.9 Å². The fourth-order valence-corrected chi connectivity index (χ4v) is 4.59. The first-order valence-corrected chi connectivity index (χ1v) is 13.3. The summed E-state index contributed by atoms with van der Waals surface area (Å²) in [4.78, 5) is 14.1. The predicted molar refractivity (Wildman–Crippen MR) is 159 cm³/mol. The summed E-state index contributed by atoms with van der Waals surface area (Å²) >= 11 is 0. The van der Waals surface area contributed by atoms with Crippen LogP contribution in [0.25, 0.3) is 39.0 Å². The minimum Gasteiger partial charge on any atom is -0.348 e. The summed E-state index contributed by atoms with van der Waals surface area (Å²) in [5.74, 6) is 0.720. The molecule has 4 aromatic heterocycles. The number of nitrogens with zero attached hydrogens (tertiary/aromatic N) is 6. The number of hydrogen-bond acceptors (Lipinski definition) is 4. The van der Waals surface area contributed by atoms with Gasteiger partial charge in [0.25, 0.3) is 0 Å². The number of hydrogen-bond donors (Lipinski definition) is 0. The second kappa shape index (κ2) is 10.9. The van der Waals surface area contributed by atoms with Gasteiger partial charge < -0.3 is 9.38 Å². The number of aromatic nitrogens is 6. The van der Waals surface area contributed by atoms with Crippen LogP contribution in [0.5, 0.6) is 0 Å². The molecule has 0 aliphatic heterocycles. The van der Waals surface area contributed by atoms with Gasteiger partial charge in [0, 0.05) is 38.3 Å². The second-order valence-corrected chi connectivity index (χ2v) is 12.3. The number of imidazole rings is 1. The Morgan fingerprint density at radius 3 is 2.15 bits per heavy atom. The molecule has 6 nitrogen and oxygen atoms in total. The van der Waals surface area contributed by atoms with Crippen molar-refractivity contribution < 1.29 is 20.1 Å². The number of fused-ring (bicyclic) bond motifs is 5. The maximum Gasteiger partial charge on any atom is 0.102 e. The fraction of sp³-hybridized carbons (Fsp3) is 0.333. The summed E-state index contributed by atoms with van der Waals surface area (Å²) in [6.07, 6.45) is 1.68. The molecule has 0 aliphatic carbocycles. The Bertz CT molecular complexity index is 1800. The van der Waals surface area contributed by atoms with E-state index >= 15 is 0 Å². The van der Waals surface area contributed by atoms with Crippen molar-refractivity contribution in [3.63, 3.8) is 0 Å². The van der Waals surface area contributed by atoms with Crippen molar-refractivity contribution >= 4 is 27.6 Å². The van der Waals surface area contributed by atoms with Gasteiger partial charge in [-0.05, 0) is 53.7 Å². The van der Waals surface area contributed by atoms with Crippen LogP contribution in [0.2, 0.25) is 0 Å². The average Bonchev–Trinajstić information content (AvgIpc) is 3.47. The molecule has 2 aromatic carbocycles. The standard InChI is InChI=1S/C24H28N3.C9H8N3.Ir/c1-14-11-18-19(12-15(14)2)27-21(24(6,7)8)13-17-16(22(27)26-18)9-10-20(25-17)23(3,4)5;1-12-7-10-9(11-12)8-5-3-2-4-6-8;/h10-13H,1-8H3;2-5,7H,1H3;/q2*-1;. The van der Waals surface area contributed by atoms with Crippen LogP contribution in [-0.4, -0.2) is 29.1 Å². The van der Waals surface area contributed by atoms with Gasteiger partial charge in [-0.3, -0.25) is 14.6 Å². The quantitative estimate of drug-likeness (QED) is 0.168. The smallest absolute Gasteiger partial charge is 0.102 e. The van der Waals surface area contributed by atoms with Crippen LogP contribution < -0.4 is 0 Å². The number of rotatable bonds is 1. The van der Waals surface area contributed by atoms with Gasteiger partial charge in [-0.2, -0.15) is 0 Å². The number of benzene rings is 2. The predicted octanol–water partition coefficient (Wildman–Crippen LogP) is 7.33. The molecule has 0 saturated heterocycles. The molecule has 0 aliphatic rings. The Kier molecular flexibility index (Phi) is 8.03. The molecular weight excluding hydrogens is 673 g/mol. The Hall–Kier alpha value is -3.41. The molecule has 7 heteroatoms. The zero-order valence-electron chi connectivity index (χ0n) is 24.7. The van der Waals surface area contributed by atoms with Crippen LogP contribution in [0.3, 0.4) is 0 Å².